The predicted molar refractivity (Wildman–Crippen MR) is 73.2 cm³/mol. The third-order valence-electron chi connectivity index (χ3n) is 2.67. The molecule has 0 fully saturated rings. The van der Waals surface area contributed by atoms with Crippen LogP contribution in [0.3, 0.4) is 0 Å². The Kier molecular flexibility index (Phi) is 4.18. The number of hydrogen-bond acceptors (Lipinski definition) is 3. The average Bonchev–Trinajstić information content (AvgIpc) is 2.41. The van der Waals surface area contributed by atoms with Gasteiger partial charge < -0.3 is 9.47 Å². The first-order valence-corrected chi connectivity index (χ1v) is 6.15. The van der Waals surface area contributed by atoms with E-state index in [1.54, 1.807) is 24.3 Å². The Balaban J connectivity index is 2.01. The van der Waals surface area contributed by atoms with E-state index in [1.807, 2.05) is 37.3 Å². The van der Waals surface area contributed by atoms with Gasteiger partial charge in [-0.3, -0.25) is 4.79 Å². The number of benzene rings is 2. The SMILES string of the molecule is CC(=O)Oc1ccc(O[C@H](C)c2ccccc2)cc1. The van der Waals surface area contributed by atoms with E-state index in [4.69, 9.17) is 9.47 Å². The lowest BCUT2D eigenvalue weighted by molar-refractivity contribution is -0.131. The molecule has 0 saturated carbocycles. The first-order valence-electron chi connectivity index (χ1n) is 6.15. The fourth-order valence-electron chi connectivity index (χ4n) is 1.75. The lowest BCUT2D eigenvalue weighted by Gasteiger charge is -2.15. The maximum atomic E-state index is 10.8. The van der Waals surface area contributed by atoms with Crippen LogP contribution in [0, 0.1) is 0 Å². The van der Waals surface area contributed by atoms with Crippen LogP contribution >= 0.6 is 0 Å². The first-order chi connectivity index (χ1) is 9.15. The highest BCUT2D eigenvalue weighted by molar-refractivity contribution is 5.69. The summed E-state index contributed by atoms with van der Waals surface area (Å²) in [6, 6.07) is 17.0. The zero-order chi connectivity index (χ0) is 13.7. The molecule has 2 aromatic carbocycles. The van der Waals surface area contributed by atoms with Crippen molar-refractivity contribution in [1.82, 2.24) is 0 Å². The smallest absolute Gasteiger partial charge is 0.308 e. The van der Waals surface area contributed by atoms with Gasteiger partial charge in [-0.25, -0.2) is 0 Å². The van der Waals surface area contributed by atoms with Crippen molar-refractivity contribution < 1.29 is 14.3 Å². The molecule has 0 aliphatic rings. The highest BCUT2D eigenvalue weighted by Crippen LogP contribution is 2.23. The van der Waals surface area contributed by atoms with Gasteiger partial charge in [-0.1, -0.05) is 30.3 Å². The molecular formula is C16H16O3. The fourth-order valence-corrected chi connectivity index (χ4v) is 1.75. The van der Waals surface area contributed by atoms with Gasteiger partial charge >= 0.3 is 5.97 Å². The molecule has 0 aliphatic carbocycles. The summed E-state index contributed by atoms with van der Waals surface area (Å²) in [6.45, 7) is 3.37. The molecule has 0 radical (unpaired) electrons. The third-order valence-corrected chi connectivity index (χ3v) is 2.67. The zero-order valence-electron chi connectivity index (χ0n) is 11.0. The average molecular weight is 256 g/mol. The van der Waals surface area contributed by atoms with E-state index in [2.05, 4.69) is 0 Å². The van der Waals surface area contributed by atoms with E-state index in [-0.39, 0.29) is 12.1 Å². The fraction of sp³-hybridized carbons (Fsp3) is 0.188. The van der Waals surface area contributed by atoms with Crippen LogP contribution in [-0.2, 0) is 4.79 Å². The van der Waals surface area contributed by atoms with E-state index < -0.39 is 0 Å². The van der Waals surface area contributed by atoms with Crippen molar-refractivity contribution in [2.75, 3.05) is 0 Å². The van der Waals surface area contributed by atoms with Crippen molar-refractivity contribution >= 4 is 5.97 Å². The van der Waals surface area contributed by atoms with Gasteiger partial charge in [0.05, 0.1) is 0 Å². The van der Waals surface area contributed by atoms with E-state index in [0.717, 1.165) is 11.3 Å². The molecular weight excluding hydrogens is 240 g/mol. The summed E-state index contributed by atoms with van der Waals surface area (Å²) >= 11 is 0. The molecule has 0 amide bonds. The minimum atomic E-state index is -0.327. The van der Waals surface area contributed by atoms with Crippen LogP contribution in [0.2, 0.25) is 0 Å². The molecule has 1 atom stereocenters. The Labute approximate surface area is 112 Å². The molecule has 98 valence electrons. The van der Waals surface area contributed by atoms with Crippen LogP contribution in [0.25, 0.3) is 0 Å². The van der Waals surface area contributed by atoms with Crippen LogP contribution in [0.15, 0.2) is 54.6 Å². The molecule has 0 bridgehead atoms. The minimum Gasteiger partial charge on any atom is -0.486 e. The van der Waals surface area contributed by atoms with Gasteiger partial charge in [0.15, 0.2) is 0 Å². The third kappa shape index (κ3) is 3.85. The van der Waals surface area contributed by atoms with Crippen LogP contribution < -0.4 is 9.47 Å². The Morgan fingerprint density at radius 2 is 1.53 bits per heavy atom. The van der Waals surface area contributed by atoms with Crippen LogP contribution in [0.5, 0.6) is 11.5 Å². The molecule has 0 aliphatic heterocycles. The summed E-state index contributed by atoms with van der Waals surface area (Å²) in [4.78, 5) is 10.8. The largest absolute Gasteiger partial charge is 0.486 e. The molecule has 3 heteroatoms. The lowest BCUT2D eigenvalue weighted by Crippen LogP contribution is -2.03. The van der Waals surface area contributed by atoms with Gasteiger partial charge in [-0.15, -0.1) is 0 Å². The van der Waals surface area contributed by atoms with E-state index in [0.29, 0.717) is 5.75 Å². The molecule has 0 saturated heterocycles. The number of ether oxygens (including phenoxy) is 2. The van der Waals surface area contributed by atoms with Gasteiger partial charge in [-0.05, 0) is 36.8 Å². The maximum Gasteiger partial charge on any atom is 0.308 e. The van der Waals surface area contributed by atoms with Crippen molar-refractivity contribution in [2.24, 2.45) is 0 Å². The highest BCUT2D eigenvalue weighted by Gasteiger charge is 2.06. The predicted octanol–water partition coefficient (Wildman–Crippen LogP) is 3.75. The Hall–Kier alpha value is -2.29. The zero-order valence-corrected chi connectivity index (χ0v) is 11.0. The van der Waals surface area contributed by atoms with Gasteiger partial charge in [0.1, 0.15) is 17.6 Å². The summed E-state index contributed by atoms with van der Waals surface area (Å²) in [5.74, 6) is 0.936. The second kappa shape index (κ2) is 6.05. The molecule has 0 unspecified atom stereocenters. The van der Waals surface area contributed by atoms with Crippen molar-refractivity contribution in [2.45, 2.75) is 20.0 Å². The lowest BCUT2D eigenvalue weighted by atomic mass is 10.1. The van der Waals surface area contributed by atoms with E-state index >= 15 is 0 Å². The summed E-state index contributed by atoms with van der Waals surface area (Å²) in [5.41, 5.74) is 1.12. The van der Waals surface area contributed by atoms with Gasteiger partial charge in [-0.2, -0.15) is 0 Å². The molecule has 0 N–H and O–H groups in total. The van der Waals surface area contributed by atoms with Crippen LogP contribution in [0.4, 0.5) is 0 Å². The molecule has 2 rings (SSSR count). The minimum absolute atomic E-state index is 0.0271. The van der Waals surface area contributed by atoms with Gasteiger partial charge in [0.25, 0.3) is 0 Å². The standard InChI is InChI=1S/C16H16O3/c1-12(14-6-4-3-5-7-14)18-15-8-10-16(11-9-15)19-13(2)17/h3-12H,1-2H3/t12-/m1/s1. The second-order valence-corrected chi connectivity index (χ2v) is 4.24. The Bertz CT molecular complexity index is 532. The van der Waals surface area contributed by atoms with Crippen molar-refractivity contribution in [3.05, 3.63) is 60.2 Å². The van der Waals surface area contributed by atoms with Crippen molar-refractivity contribution in [3.63, 3.8) is 0 Å². The molecule has 2 aromatic rings. The molecule has 0 aromatic heterocycles. The molecule has 0 heterocycles. The molecule has 19 heavy (non-hydrogen) atoms. The van der Waals surface area contributed by atoms with Gasteiger partial charge in [0.2, 0.25) is 0 Å². The summed E-state index contributed by atoms with van der Waals surface area (Å²) in [6.07, 6.45) is -0.0271. The first kappa shape index (κ1) is 13.1. The quantitative estimate of drug-likeness (QED) is 0.617. The van der Waals surface area contributed by atoms with Crippen LogP contribution in [-0.4, -0.2) is 5.97 Å². The van der Waals surface area contributed by atoms with E-state index in [1.165, 1.54) is 6.92 Å². The monoisotopic (exact) mass is 256 g/mol. The number of hydrogen-bond donors (Lipinski definition) is 0. The number of carbonyl (C=O) groups is 1. The van der Waals surface area contributed by atoms with Gasteiger partial charge in [0, 0.05) is 6.92 Å². The summed E-state index contributed by atoms with van der Waals surface area (Å²) in [7, 11) is 0. The Morgan fingerprint density at radius 3 is 2.11 bits per heavy atom. The Morgan fingerprint density at radius 1 is 0.947 bits per heavy atom. The summed E-state index contributed by atoms with van der Waals surface area (Å²) < 4.78 is 10.8. The number of carbonyl (C=O) groups excluding carboxylic acids is 1. The molecule has 0 spiro atoms. The number of rotatable bonds is 4. The maximum absolute atomic E-state index is 10.8. The van der Waals surface area contributed by atoms with Crippen molar-refractivity contribution in [3.8, 4) is 11.5 Å². The van der Waals surface area contributed by atoms with Crippen molar-refractivity contribution in [1.29, 1.82) is 0 Å². The summed E-state index contributed by atoms with van der Waals surface area (Å²) in [5, 5.41) is 0. The normalized spacial score (nSPS) is 11.7. The van der Waals surface area contributed by atoms with E-state index in [9.17, 15) is 4.79 Å². The second-order valence-electron chi connectivity index (χ2n) is 4.24. The topological polar surface area (TPSA) is 35.5 Å². The number of esters is 1. The van der Waals surface area contributed by atoms with Crippen LogP contribution in [0.1, 0.15) is 25.5 Å². The molecule has 3 nitrogen and oxygen atoms in total. The highest BCUT2D eigenvalue weighted by atomic mass is 16.5.